The summed E-state index contributed by atoms with van der Waals surface area (Å²) in [5, 5.41) is 2.92. The Morgan fingerprint density at radius 1 is 0.886 bits per heavy atom. The van der Waals surface area contributed by atoms with Crippen molar-refractivity contribution < 1.29 is 19.1 Å². The fourth-order valence-corrected chi connectivity index (χ4v) is 3.89. The van der Waals surface area contributed by atoms with Gasteiger partial charge >= 0.3 is 0 Å². The highest BCUT2D eigenvalue weighted by atomic mass is 16.5. The number of hydrogen-bond donors (Lipinski definition) is 1. The molecule has 0 saturated heterocycles. The average Bonchev–Trinajstić information content (AvgIpc) is 2.90. The Hall–Kier alpha value is -3.80. The molecular formula is C29H34N2O4. The summed E-state index contributed by atoms with van der Waals surface area (Å²) >= 11 is 0. The second-order valence-electron chi connectivity index (χ2n) is 8.24. The van der Waals surface area contributed by atoms with Crippen LogP contribution in [0.2, 0.25) is 0 Å². The maximum Gasteiger partial charge on any atom is 0.243 e. The van der Waals surface area contributed by atoms with Crippen molar-refractivity contribution in [2.75, 3.05) is 20.3 Å². The summed E-state index contributed by atoms with van der Waals surface area (Å²) < 4.78 is 11.1. The lowest BCUT2D eigenvalue weighted by atomic mass is 10.0. The zero-order valence-corrected chi connectivity index (χ0v) is 20.5. The van der Waals surface area contributed by atoms with Crippen molar-refractivity contribution in [3.05, 3.63) is 96.1 Å². The van der Waals surface area contributed by atoms with E-state index in [0.717, 1.165) is 16.9 Å². The van der Waals surface area contributed by atoms with E-state index in [0.29, 0.717) is 38.3 Å². The zero-order valence-electron chi connectivity index (χ0n) is 20.5. The minimum atomic E-state index is -0.633. The molecule has 6 nitrogen and oxygen atoms in total. The van der Waals surface area contributed by atoms with Crippen LogP contribution in [-0.2, 0) is 22.6 Å². The predicted octanol–water partition coefficient (Wildman–Crippen LogP) is 4.63. The number of methoxy groups -OCH3 is 1. The number of nitrogens with zero attached hydrogens (tertiary/aromatic N) is 1. The molecule has 0 spiro atoms. The first kappa shape index (κ1) is 25.8. The third-order valence-corrected chi connectivity index (χ3v) is 5.66. The molecule has 3 rings (SSSR count). The van der Waals surface area contributed by atoms with E-state index in [4.69, 9.17) is 9.47 Å². The molecule has 6 heteroatoms. The van der Waals surface area contributed by atoms with Gasteiger partial charge in [0, 0.05) is 25.9 Å². The van der Waals surface area contributed by atoms with Gasteiger partial charge in [-0.05, 0) is 48.7 Å². The molecule has 0 aliphatic heterocycles. The lowest BCUT2D eigenvalue weighted by Gasteiger charge is -2.31. The number of carbonyl (C=O) groups excluding carboxylic acids is 2. The highest BCUT2D eigenvalue weighted by Crippen LogP contribution is 2.19. The third-order valence-electron chi connectivity index (χ3n) is 5.66. The van der Waals surface area contributed by atoms with E-state index in [1.165, 1.54) is 0 Å². The maximum atomic E-state index is 13.5. The molecule has 35 heavy (non-hydrogen) atoms. The van der Waals surface area contributed by atoms with Gasteiger partial charge in [0.2, 0.25) is 11.8 Å². The van der Waals surface area contributed by atoms with E-state index in [-0.39, 0.29) is 18.2 Å². The largest absolute Gasteiger partial charge is 0.497 e. The fraction of sp³-hybridized carbons (Fsp3) is 0.310. The van der Waals surface area contributed by atoms with Crippen LogP contribution in [0.4, 0.5) is 0 Å². The van der Waals surface area contributed by atoms with E-state index in [2.05, 4.69) is 5.32 Å². The van der Waals surface area contributed by atoms with Crippen molar-refractivity contribution in [2.45, 2.75) is 38.8 Å². The average molecular weight is 475 g/mol. The number of amides is 2. The van der Waals surface area contributed by atoms with Crippen LogP contribution in [0, 0.1) is 0 Å². The quantitative estimate of drug-likeness (QED) is 0.367. The van der Waals surface area contributed by atoms with E-state index in [1.807, 2.05) is 91.9 Å². The standard InChI is InChI=1S/C29H34N2O4/c1-3-30-29(33)27(21-23-12-6-4-7-13-23)31(22-24-14-10-17-26(20-24)34-2)28(32)18-11-19-35-25-15-8-5-9-16-25/h4-10,12-17,20,27H,3,11,18-19,21-22H2,1-2H3,(H,30,33). The molecule has 0 saturated carbocycles. The first-order valence-electron chi connectivity index (χ1n) is 12.0. The molecule has 0 fully saturated rings. The topological polar surface area (TPSA) is 67.9 Å². The second-order valence-corrected chi connectivity index (χ2v) is 8.24. The summed E-state index contributed by atoms with van der Waals surface area (Å²) in [6.45, 7) is 3.11. The number of benzene rings is 3. The van der Waals surface area contributed by atoms with Gasteiger partial charge in [-0.1, -0.05) is 60.7 Å². The molecule has 1 atom stereocenters. The summed E-state index contributed by atoms with van der Waals surface area (Å²) in [6.07, 6.45) is 1.26. The Kier molecular flexibility index (Phi) is 10.2. The van der Waals surface area contributed by atoms with Crippen molar-refractivity contribution in [3.8, 4) is 11.5 Å². The number of rotatable bonds is 13. The molecule has 0 aromatic heterocycles. The van der Waals surface area contributed by atoms with Gasteiger partial charge in [0.05, 0.1) is 13.7 Å². The van der Waals surface area contributed by atoms with Gasteiger partial charge in [0.25, 0.3) is 0 Å². The zero-order chi connectivity index (χ0) is 24.9. The first-order chi connectivity index (χ1) is 17.1. The summed E-state index contributed by atoms with van der Waals surface area (Å²) in [5.41, 5.74) is 1.90. The molecule has 3 aromatic rings. The van der Waals surface area contributed by atoms with Crippen LogP contribution < -0.4 is 14.8 Å². The number of nitrogens with one attached hydrogen (secondary N) is 1. The van der Waals surface area contributed by atoms with Crippen LogP contribution in [0.1, 0.15) is 30.9 Å². The molecule has 2 amide bonds. The minimum absolute atomic E-state index is 0.0864. The first-order valence-corrected chi connectivity index (χ1v) is 12.0. The van der Waals surface area contributed by atoms with Crippen LogP contribution in [0.5, 0.6) is 11.5 Å². The molecule has 3 aromatic carbocycles. The normalized spacial score (nSPS) is 11.4. The van der Waals surface area contributed by atoms with Gasteiger partial charge in [-0.15, -0.1) is 0 Å². The van der Waals surface area contributed by atoms with E-state index >= 15 is 0 Å². The monoisotopic (exact) mass is 474 g/mol. The fourth-order valence-electron chi connectivity index (χ4n) is 3.89. The van der Waals surface area contributed by atoms with E-state index in [1.54, 1.807) is 12.0 Å². The van der Waals surface area contributed by atoms with Crippen LogP contribution in [-0.4, -0.2) is 43.0 Å². The van der Waals surface area contributed by atoms with Gasteiger partial charge in [-0.25, -0.2) is 0 Å². The molecule has 1 unspecified atom stereocenters. The van der Waals surface area contributed by atoms with Crippen LogP contribution in [0.15, 0.2) is 84.9 Å². The molecule has 184 valence electrons. The summed E-state index contributed by atoms with van der Waals surface area (Å²) in [7, 11) is 1.61. The summed E-state index contributed by atoms with van der Waals surface area (Å²) in [5.74, 6) is 1.24. The van der Waals surface area contributed by atoms with Gasteiger partial charge < -0.3 is 19.7 Å². The molecule has 0 bridgehead atoms. The van der Waals surface area contributed by atoms with Crippen molar-refractivity contribution in [3.63, 3.8) is 0 Å². The summed E-state index contributed by atoms with van der Waals surface area (Å²) in [4.78, 5) is 28.4. The number of hydrogen-bond acceptors (Lipinski definition) is 4. The van der Waals surface area contributed by atoms with Crippen molar-refractivity contribution in [1.29, 1.82) is 0 Å². The maximum absolute atomic E-state index is 13.5. The SMILES string of the molecule is CCNC(=O)C(Cc1ccccc1)N(Cc1cccc(OC)c1)C(=O)CCCOc1ccccc1. The highest BCUT2D eigenvalue weighted by Gasteiger charge is 2.30. The van der Waals surface area contributed by atoms with E-state index in [9.17, 15) is 9.59 Å². The predicted molar refractivity (Wildman–Crippen MR) is 137 cm³/mol. The van der Waals surface area contributed by atoms with Gasteiger partial charge in [-0.2, -0.15) is 0 Å². The van der Waals surface area contributed by atoms with Crippen LogP contribution in [0.3, 0.4) is 0 Å². The van der Waals surface area contributed by atoms with Crippen LogP contribution >= 0.6 is 0 Å². The minimum Gasteiger partial charge on any atom is -0.497 e. The van der Waals surface area contributed by atoms with Crippen molar-refractivity contribution in [1.82, 2.24) is 10.2 Å². The van der Waals surface area contributed by atoms with Gasteiger partial charge in [-0.3, -0.25) is 9.59 Å². The molecule has 0 aliphatic carbocycles. The Labute approximate surface area is 207 Å². The number of carbonyl (C=O) groups is 2. The lowest BCUT2D eigenvalue weighted by molar-refractivity contribution is -0.141. The smallest absolute Gasteiger partial charge is 0.243 e. The number of para-hydroxylation sites is 1. The molecule has 0 aliphatic rings. The molecule has 1 N–H and O–H groups in total. The Bertz CT molecular complexity index is 1060. The van der Waals surface area contributed by atoms with Crippen LogP contribution in [0.25, 0.3) is 0 Å². The van der Waals surface area contributed by atoms with Gasteiger partial charge in [0.1, 0.15) is 17.5 Å². The van der Waals surface area contributed by atoms with E-state index < -0.39 is 6.04 Å². The Morgan fingerprint density at radius 3 is 2.23 bits per heavy atom. The van der Waals surface area contributed by atoms with Crippen molar-refractivity contribution >= 4 is 11.8 Å². The third kappa shape index (κ3) is 8.18. The Morgan fingerprint density at radius 2 is 1.54 bits per heavy atom. The summed E-state index contributed by atoms with van der Waals surface area (Å²) in [6, 6.07) is 26.3. The second kappa shape index (κ2) is 13.8. The molecule has 0 heterocycles. The lowest BCUT2D eigenvalue weighted by Crippen LogP contribution is -2.50. The molecular weight excluding hydrogens is 440 g/mol. The Balaban J connectivity index is 1.79. The molecule has 0 radical (unpaired) electrons. The highest BCUT2D eigenvalue weighted by molar-refractivity contribution is 5.88. The van der Waals surface area contributed by atoms with Crippen molar-refractivity contribution in [2.24, 2.45) is 0 Å². The van der Waals surface area contributed by atoms with Gasteiger partial charge in [0.15, 0.2) is 0 Å². The number of likely N-dealkylation sites (N-methyl/N-ethyl adjacent to an activating group) is 1. The number of ether oxygens (including phenoxy) is 2.